The van der Waals surface area contributed by atoms with Gasteiger partial charge in [-0.05, 0) is 36.4 Å². The highest BCUT2D eigenvalue weighted by Crippen LogP contribution is 2.39. The fourth-order valence-corrected chi connectivity index (χ4v) is 6.30. The highest BCUT2D eigenvalue weighted by atomic mass is 33.1. The van der Waals surface area contributed by atoms with Crippen molar-refractivity contribution in [3.8, 4) is 22.8 Å². The molecule has 1 unspecified atom stereocenters. The minimum Gasteiger partial charge on any atom is -0.454 e. The lowest BCUT2D eigenvalue weighted by molar-refractivity contribution is 0.191. The Labute approximate surface area is 185 Å². The number of benzene rings is 2. The van der Waals surface area contributed by atoms with Crippen LogP contribution in [0.1, 0.15) is 0 Å². The number of hydrogen-bond acceptors (Lipinski definition) is 8. The molecule has 7 nitrogen and oxygen atoms in total. The number of nitrogens with zero attached hydrogens (tertiary/aromatic N) is 4. The van der Waals surface area contributed by atoms with Gasteiger partial charge in [0.15, 0.2) is 17.2 Å². The second-order valence-electron chi connectivity index (χ2n) is 7.03. The number of aliphatic hydroxyl groups excluding tert-OH is 1. The zero-order chi connectivity index (χ0) is 21.4. The van der Waals surface area contributed by atoms with Crippen LogP contribution >= 0.6 is 21.6 Å². The lowest BCUT2D eigenvalue weighted by Gasteiger charge is -2.12. The van der Waals surface area contributed by atoms with E-state index in [1.54, 1.807) is 56.6 Å². The van der Waals surface area contributed by atoms with E-state index in [-0.39, 0.29) is 11.0 Å². The quantitative estimate of drug-likeness (QED) is 0.434. The number of hydrogen-bond donors (Lipinski definition) is 2. The number of para-hydroxylation sites is 1. The molecule has 3 heterocycles. The van der Waals surface area contributed by atoms with Gasteiger partial charge in [-0.25, -0.2) is 19.0 Å². The molecule has 3 N–H and O–H groups in total. The number of nitrogen functional groups attached to an aromatic ring is 1. The average Bonchev–Trinajstić information content (AvgIpc) is 3.35. The molecule has 2 aromatic carbocycles. The third-order valence-electron chi connectivity index (χ3n) is 4.96. The van der Waals surface area contributed by atoms with E-state index < -0.39 is 11.9 Å². The van der Waals surface area contributed by atoms with Crippen LogP contribution in [0.3, 0.4) is 0 Å². The normalized spacial score (nSPS) is 18.5. The van der Waals surface area contributed by atoms with Crippen molar-refractivity contribution >= 4 is 38.4 Å². The van der Waals surface area contributed by atoms with E-state index in [0.29, 0.717) is 40.6 Å². The number of ether oxygens (including phenoxy) is 1. The Kier molecular flexibility index (Phi) is 5.43. The number of fused-ring (bicyclic) bond motifs is 1. The number of halogens is 1. The van der Waals surface area contributed by atoms with Crippen molar-refractivity contribution < 1.29 is 14.2 Å². The molecule has 0 saturated carbocycles. The Morgan fingerprint density at radius 1 is 1.16 bits per heavy atom. The van der Waals surface area contributed by atoms with E-state index in [1.807, 2.05) is 12.1 Å². The van der Waals surface area contributed by atoms with Crippen LogP contribution in [-0.4, -0.2) is 42.0 Å². The molecule has 0 radical (unpaired) electrons. The second-order valence-corrected chi connectivity index (χ2v) is 9.68. The molecule has 158 valence electrons. The third kappa shape index (κ3) is 3.93. The van der Waals surface area contributed by atoms with E-state index >= 15 is 0 Å². The van der Waals surface area contributed by atoms with Gasteiger partial charge in [0.2, 0.25) is 0 Å². The third-order valence-corrected chi connectivity index (χ3v) is 7.85. The fourth-order valence-electron chi connectivity index (χ4n) is 3.39. The molecule has 1 fully saturated rings. The maximum Gasteiger partial charge on any atom is 0.165 e. The first-order chi connectivity index (χ1) is 15.1. The minimum absolute atomic E-state index is 0.0219. The predicted octanol–water partition coefficient (Wildman–Crippen LogP) is 4.13. The standard InChI is InChI=1S/C21H18FN5O2S2/c22-14-3-1-2-4-16(14)29-13-7-5-12(6-8-13)19-18-20(23)24-11-25-21(18)27(26-19)9-17-15(28)10-30-31-17/h1-8,11,15,17,28H,9-10H2,(H2,23,24,25)/t15?,17-/m1/s1. The predicted molar refractivity (Wildman–Crippen MR) is 121 cm³/mol. The summed E-state index contributed by atoms with van der Waals surface area (Å²) < 4.78 is 21.3. The van der Waals surface area contributed by atoms with Gasteiger partial charge in [0.1, 0.15) is 23.6 Å². The van der Waals surface area contributed by atoms with Crippen molar-refractivity contribution in [3.63, 3.8) is 0 Å². The smallest absolute Gasteiger partial charge is 0.165 e. The van der Waals surface area contributed by atoms with E-state index in [9.17, 15) is 9.50 Å². The van der Waals surface area contributed by atoms with E-state index in [4.69, 9.17) is 15.6 Å². The highest BCUT2D eigenvalue weighted by Gasteiger charge is 2.29. The Hall–Kier alpha value is -2.82. The maximum atomic E-state index is 13.8. The zero-order valence-corrected chi connectivity index (χ0v) is 17.8. The van der Waals surface area contributed by atoms with E-state index in [2.05, 4.69) is 9.97 Å². The monoisotopic (exact) mass is 455 g/mol. The van der Waals surface area contributed by atoms with Crippen LogP contribution in [0.5, 0.6) is 11.5 Å². The van der Waals surface area contributed by atoms with Gasteiger partial charge in [0.25, 0.3) is 0 Å². The summed E-state index contributed by atoms with van der Waals surface area (Å²) in [7, 11) is 3.30. The summed E-state index contributed by atoms with van der Waals surface area (Å²) in [5.74, 6) is 1.28. The molecule has 0 amide bonds. The van der Waals surface area contributed by atoms with Crippen LogP contribution < -0.4 is 10.5 Å². The van der Waals surface area contributed by atoms with Crippen molar-refractivity contribution in [2.45, 2.75) is 17.9 Å². The molecule has 10 heteroatoms. The van der Waals surface area contributed by atoms with Crippen LogP contribution in [0.2, 0.25) is 0 Å². The first-order valence-corrected chi connectivity index (χ1v) is 11.9. The molecular formula is C21H18FN5O2S2. The van der Waals surface area contributed by atoms with Gasteiger partial charge in [0, 0.05) is 11.3 Å². The summed E-state index contributed by atoms with van der Waals surface area (Å²) >= 11 is 0. The van der Waals surface area contributed by atoms with Crippen LogP contribution in [0.25, 0.3) is 22.3 Å². The summed E-state index contributed by atoms with van der Waals surface area (Å²) in [6.45, 7) is 0.514. The molecule has 0 bridgehead atoms. The SMILES string of the molecule is Nc1ncnc2c1c(-c1ccc(Oc3ccccc3F)cc1)nn2C[C@H]1SSCC1O. The highest BCUT2D eigenvalue weighted by molar-refractivity contribution is 8.77. The second kappa shape index (κ2) is 8.37. The summed E-state index contributed by atoms with van der Waals surface area (Å²) in [5, 5.41) is 15.6. The molecule has 1 aliphatic rings. The first-order valence-electron chi connectivity index (χ1n) is 9.56. The van der Waals surface area contributed by atoms with Crippen LogP contribution in [0.15, 0.2) is 54.9 Å². The molecule has 0 aliphatic carbocycles. The fraction of sp³-hybridized carbons (Fsp3) is 0.190. The number of nitrogens with two attached hydrogens (primary N) is 1. The van der Waals surface area contributed by atoms with Crippen LogP contribution in [-0.2, 0) is 6.54 Å². The molecule has 1 aliphatic heterocycles. The average molecular weight is 456 g/mol. The van der Waals surface area contributed by atoms with E-state index in [1.165, 1.54) is 12.4 Å². The van der Waals surface area contributed by atoms with Crippen LogP contribution in [0.4, 0.5) is 10.2 Å². The summed E-state index contributed by atoms with van der Waals surface area (Å²) in [5.41, 5.74) is 8.24. The maximum absolute atomic E-state index is 13.8. The molecule has 2 atom stereocenters. The number of rotatable bonds is 5. The number of aliphatic hydroxyl groups is 1. The Balaban J connectivity index is 1.49. The minimum atomic E-state index is -0.425. The van der Waals surface area contributed by atoms with Gasteiger partial charge in [0.05, 0.1) is 23.3 Å². The van der Waals surface area contributed by atoms with Crippen molar-refractivity contribution in [2.75, 3.05) is 11.5 Å². The lowest BCUT2D eigenvalue weighted by Crippen LogP contribution is -2.25. The van der Waals surface area contributed by atoms with Crippen molar-refractivity contribution in [2.24, 2.45) is 0 Å². The summed E-state index contributed by atoms with van der Waals surface area (Å²) in [6.07, 6.45) is 1.02. The van der Waals surface area contributed by atoms with Gasteiger partial charge in [-0.3, -0.25) is 0 Å². The Morgan fingerprint density at radius 3 is 2.71 bits per heavy atom. The lowest BCUT2D eigenvalue weighted by atomic mass is 10.1. The molecular weight excluding hydrogens is 437 g/mol. The van der Waals surface area contributed by atoms with Gasteiger partial charge >= 0.3 is 0 Å². The van der Waals surface area contributed by atoms with Crippen molar-refractivity contribution in [1.82, 2.24) is 19.7 Å². The van der Waals surface area contributed by atoms with Crippen molar-refractivity contribution in [1.29, 1.82) is 0 Å². The first kappa shape index (κ1) is 20.1. The van der Waals surface area contributed by atoms with Gasteiger partial charge in [-0.15, -0.1) is 0 Å². The van der Waals surface area contributed by atoms with Crippen molar-refractivity contribution in [3.05, 3.63) is 60.7 Å². The largest absolute Gasteiger partial charge is 0.454 e. The van der Waals surface area contributed by atoms with Crippen LogP contribution in [0, 0.1) is 5.82 Å². The topological polar surface area (TPSA) is 99.1 Å². The van der Waals surface area contributed by atoms with Gasteiger partial charge < -0.3 is 15.6 Å². The number of anilines is 1. The molecule has 1 saturated heterocycles. The zero-order valence-electron chi connectivity index (χ0n) is 16.2. The molecule has 2 aromatic heterocycles. The summed E-state index contributed by atoms with van der Waals surface area (Å²) in [4.78, 5) is 8.51. The Morgan fingerprint density at radius 2 is 1.97 bits per heavy atom. The molecule has 31 heavy (non-hydrogen) atoms. The summed E-state index contributed by atoms with van der Waals surface area (Å²) in [6, 6.07) is 13.4. The number of aromatic nitrogens is 4. The molecule has 4 aromatic rings. The Bertz CT molecular complexity index is 1230. The molecule has 5 rings (SSSR count). The van der Waals surface area contributed by atoms with E-state index in [0.717, 1.165) is 5.56 Å². The van der Waals surface area contributed by atoms with Gasteiger partial charge in [-0.2, -0.15) is 5.10 Å². The van der Waals surface area contributed by atoms with Gasteiger partial charge in [-0.1, -0.05) is 33.7 Å². The molecule has 0 spiro atoms.